The summed E-state index contributed by atoms with van der Waals surface area (Å²) in [7, 11) is 4.96. The lowest BCUT2D eigenvalue weighted by Crippen LogP contribution is -2.25. The third-order valence-corrected chi connectivity index (χ3v) is 4.72. The molecule has 0 aliphatic carbocycles. The van der Waals surface area contributed by atoms with Crippen molar-refractivity contribution in [3.63, 3.8) is 0 Å². The highest BCUT2D eigenvalue weighted by atomic mass is 32.1. The van der Waals surface area contributed by atoms with E-state index in [0.29, 0.717) is 10.7 Å². The predicted octanol–water partition coefficient (Wildman–Crippen LogP) is 4.10. The van der Waals surface area contributed by atoms with Crippen LogP contribution in [0.2, 0.25) is 0 Å². The minimum absolute atomic E-state index is 0.113. The predicted molar refractivity (Wildman–Crippen MR) is 99.8 cm³/mol. The van der Waals surface area contributed by atoms with Gasteiger partial charge in [0.1, 0.15) is 11.5 Å². The summed E-state index contributed by atoms with van der Waals surface area (Å²) in [4.78, 5) is 18.7. The summed E-state index contributed by atoms with van der Waals surface area (Å²) in [5, 5.41) is 2.58. The second-order valence-electron chi connectivity index (χ2n) is 5.34. The van der Waals surface area contributed by atoms with Crippen LogP contribution in [0.5, 0.6) is 11.5 Å². The van der Waals surface area contributed by atoms with E-state index < -0.39 is 0 Å². The Labute approximate surface area is 150 Å². The molecule has 0 fully saturated rings. The molecular formula is C19H18N2O3S. The number of hydrogen-bond donors (Lipinski definition) is 0. The average molecular weight is 354 g/mol. The van der Waals surface area contributed by atoms with Gasteiger partial charge in [0.15, 0.2) is 5.13 Å². The smallest absolute Gasteiger partial charge is 0.259 e. The van der Waals surface area contributed by atoms with Gasteiger partial charge in [0.25, 0.3) is 5.91 Å². The molecule has 0 aliphatic rings. The Bertz CT molecular complexity index is 857. The number of aromatic nitrogens is 1. The van der Waals surface area contributed by atoms with Crippen LogP contribution >= 0.6 is 11.3 Å². The fraction of sp³-hybridized carbons (Fsp3) is 0.158. The van der Waals surface area contributed by atoms with Crippen LogP contribution in [-0.2, 0) is 0 Å². The number of rotatable bonds is 5. The topological polar surface area (TPSA) is 51.7 Å². The number of anilines is 1. The standard InChI is InChI=1S/C19H18N2O3S/c1-21(18(22)14-6-10-16(24-3)11-7-14)19-20-17(12-25-19)13-4-8-15(23-2)9-5-13/h4-12H,1-3H3. The number of thiazole rings is 1. The quantitative estimate of drug-likeness (QED) is 0.692. The van der Waals surface area contributed by atoms with E-state index in [-0.39, 0.29) is 5.91 Å². The fourth-order valence-electron chi connectivity index (χ4n) is 2.33. The number of methoxy groups -OCH3 is 2. The molecule has 0 spiro atoms. The van der Waals surface area contributed by atoms with Gasteiger partial charge < -0.3 is 9.47 Å². The van der Waals surface area contributed by atoms with Gasteiger partial charge in [0.05, 0.1) is 19.9 Å². The van der Waals surface area contributed by atoms with E-state index in [2.05, 4.69) is 4.98 Å². The number of ether oxygens (including phenoxy) is 2. The maximum Gasteiger partial charge on any atom is 0.259 e. The lowest BCUT2D eigenvalue weighted by molar-refractivity contribution is 0.0993. The summed E-state index contributed by atoms with van der Waals surface area (Å²) in [6.45, 7) is 0. The van der Waals surface area contributed by atoms with Crippen LogP contribution in [-0.4, -0.2) is 32.2 Å². The Hall–Kier alpha value is -2.86. The van der Waals surface area contributed by atoms with Crippen molar-refractivity contribution in [1.82, 2.24) is 4.98 Å². The van der Waals surface area contributed by atoms with E-state index >= 15 is 0 Å². The summed E-state index contributed by atoms with van der Waals surface area (Å²) in [5.41, 5.74) is 2.40. The van der Waals surface area contributed by atoms with Gasteiger partial charge in [-0.25, -0.2) is 4.98 Å². The Morgan fingerprint density at radius 3 is 2.08 bits per heavy atom. The highest BCUT2D eigenvalue weighted by Crippen LogP contribution is 2.29. The molecule has 1 heterocycles. The van der Waals surface area contributed by atoms with E-state index in [1.165, 1.54) is 11.3 Å². The molecule has 0 radical (unpaired) electrons. The van der Waals surface area contributed by atoms with Gasteiger partial charge in [0, 0.05) is 23.6 Å². The fourth-order valence-corrected chi connectivity index (χ4v) is 3.12. The number of nitrogens with zero attached hydrogens (tertiary/aromatic N) is 2. The Morgan fingerprint density at radius 2 is 1.52 bits per heavy atom. The van der Waals surface area contributed by atoms with Gasteiger partial charge in [-0.05, 0) is 48.5 Å². The van der Waals surface area contributed by atoms with Crippen molar-refractivity contribution in [2.75, 3.05) is 26.2 Å². The average Bonchev–Trinajstić information content (AvgIpc) is 3.17. The summed E-state index contributed by atoms with van der Waals surface area (Å²) in [6, 6.07) is 14.7. The molecule has 1 aromatic heterocycles. The van der Waals surface area contributed by atoms with Gasteiger partial charge in [0.2, 0.25) is 0 Å². The number of benzene rings is 2. The van der Waals surface area contributed by atoms with Crippen molar-refractivity contribution in [3.8, 4) is 22.8 Å². The second-order valence-corrected chi connectivity index (χ2v) is 6.17. The van der Waals surface area contributed by atoms with E-state index in [4.69, 9.17) is 9.47 Å². The largest absolute Gasteiger partial charge is 0.497 e. The van der Waals surface area contributed by atoms with Crippen LogP contribution in [0.25, 0.3) is 11.3 Å². The van der Waals surface area contributed by atoms with Crippen molar-refractivity contribution in [1.29, 1.82) is 0 Å². The molecule has 0 atom stereocenters. The first-order valence-corrected chi connectivity index (χ1v) is 8.52. The molecule has 0 N–H and O–H groups in total. The molecule has 3 rings (SSSR count). The van der Waals surface area contributed by atoms with E-state index in [9.17, 15) is 4.79 Å². The highest BCUT2D eigenvalue weighted by Gasteiger charge is 2.17. The van der Waals surface area contributed by atoms with Crippen LogP contribution in [0.1, 0.15) is 10.4 Å². The zero-order valence-electron chi connectivity index (χ0n) is 14.2. The molecule has 25 heavy (non-hydrogen) atoms. The Balaban J connectivity index is 1.78. The summed E-state index contributed by atoms with van der Waals surface area (Å²) in [6.07, 6.45) is 0. The van der Waals surface area contributed by atoms with Gasteiger partial charge in [-0.3, -0.25) is 9.69 Å². The molecule has 6 heteroatoms. The van der Waals surface area contributed by atoms with Crippen molar-refractivity contribution in [2.45, 2.75) is 0 Å². The summed E-state index contributed by atoms with van der Waals surface area (Å²) < 4.78 is 10.3. The molecule has 0 saturated heterocycles. The molecule has 128 valence electrons. The first-order chi connectivity index (χ1) is 12.1. The van der Waals surface area contributed by atoms with Crippen LogP contribution in [0.4, 0.5) is 5.13 Å². The zero-order chi connectivity index (χ0) is 17.8. The Morgan fingerprint density at radius 1 is 0.960 bits per heavy atom. The molecule has 0 unspecified atom stereocenters. The van der Waals surface area contributed by atoms with Crippen molar-refractivity contribution in [3.05, 3.63) is 59.5 Å². The van der Waals surface area contributed by atoms with Gasteiger partial charge in [-0.2, -0.15) is 0 Å². The van der Waals surface area contributed by atoms with Crippen LogP contribution in [0.15, 0.2) is 53.9 Å². The summed E-state index contributed by atoms with van der Waals surface area (Å²) in [5.74, 6) is 1.40. The number of hydrogen-bond acceptors (Lipinski definition) is 5. The third kappa shape index (κ3) is 3.64. The molecule has 1 amide bonds. The maximum atomic E-state index is 12.6. The number of carbonyl (C=O) groups is 1. The van der Waals surface area contributed by atoms with Crippen molar-refractivity contribution in [2.24, 2.45) is 0 Å². The lowest BCUT2D eigenvalue weighted by Gasteiger charge is -2.14. The molecule has 5 nitrogen and oxygen atoms in total. The first-order valence-electron chi connectivity index (χ1n) is 7.64. The Kier molecular flexibility index (Phi) is 5.00. The SMILES string of the molecule is COc1ccc(C(=O)N(C)c2nc(-c3ccc(OC)cc3)cs2)cc1. The monoisotopic (exact) mass is 354 g/mol. The van der Waals surface area contributed by atoms with Crippen molar-refractivity contribution < 1.29 is 14.3 Å². The van der Waals surface area contributed by atoms with E-state index in [1.54, 1.807) is 50.4 Å². The second kappa shape index (κ2) is 7.36. The molecule has 0 saturated carbocycles. The van der Waals surface area contributed by atoms with Gasteiger partial charge >= 0.3 is 0 Å². The maximum absolute atomic E-state index is 12.6. The van der Waals surface area contributed by atoms with Gasteiger partial charge in [-0.15, -0.1) is 11.3 Å². The van der Waals surface area contributed by atoms with Crippen molar-refractivity contribution >= 4 is 22.4 Å². The van der Waals surface area contributed by atoms with Crippen LogP contribution in [0, 0.1) is 0 Å². The van der Waals surface area contributed by atoms with Crippen LogP contribution < -0.4 is 14.4 Å². The first kappa shape index (κ1) is 17.0. The molecular weight excluding hydrogens is 336 g/mol. The molecule has 0 bridgehead atoms. The zero-order valence-corrected chi connectivity index (χ0v) is 15.0. The lowest BCUT2D eigenvalue weighted by atomic mass is 10.2. The molecule has 3 aromatic rings. The molecule has 2 aromatic carbocycles. The summed E-state index contributed by atoms with van der Waals surface area (Å²) >= 11 is 1.43. The van der Waals surface area contributed by atoms with Gasteiger partial charge in [-0.1, -0.05) is 0 Å². The third-order valence-electron chi connectivity index (χ3n) is 3.81. The number of carbonyl (C=O) groups excluding carboxylic acids is 1. The molecule has 0 aliphatic heterocycles. The highest BCUT2D eigenvalue weighted by molar-refractivity contribution is 7.14. The normalized spacial score (nSPS) is 10.4. The van der Waals surface area contributed by atoms with Crippen LogP contribution in [0.3, 0.4) is 0 Å². The number of amides is 1. The van der Waals surface area contributed by atoms with E-state index in [1.807, 2.05) is 29.6 Å². The minimum atomic E-state index is -0.113. The van der Waals surface area contributed by atoms with E-state index in [0.717, 1.165) is 22.8 Å². The minimum Gasteiger partial charge on any atom is -0.497 e.